The van der Waals surface area contributed by atoms with Crippen LogP contribution in [0.15, 0.2) is 48.5 Å². The van der Waals surface area contributed by atoms with Crippen molar-refractivity contribution >= 4 is 23.4 Å². The number of benzene rings is 2. The molecule has 1 N–H and O–H groups in total. The fourth-order valence-corrected chi connectivity index (χ4v) is 3.07. The van der Waals surface area contributed by atoms with Crippen molar-refractivity contribution in [1.29, 1.82) is 0 Å². The van der Waals surface area contributed by atoms with E-state index in [9.17, 15) is 9.59 Å². The molecule has 1 atom stereocenters. The Morgan fingerprint density at radius 2 is 1.77 bits per heavy atom. The van der Waals surface area contributed by atoms with Crippen LogP contribution in [-0.2, 0) is 22.6 Å². The zero-order valence-electron chi connectivity index (χ0n) is 15.5. The van der Waals surface area contributed by atoms with Crippen LogP contribution in [-0.4, -0.2) is 29.8 Å². The van der Waals surface area contributed by atoms with E-state index in [0.717, 1.165) is 16.7 Å². The van der Waals surface area contributed by atoms with Crippen molar-refractivity contribution in [2.45, 2.75) is 39.3 Å². The maximum absolute atomic E-state index is 13.0. The zero-order valence-corrected chi connectivity index (χ0v) is 16.2. The van der Waals surface area contributed by atoms with Gasteiger partial charge >= 0.3 is 0 Å². The van der Waals surface area contributed by atoms with E-state index in [4.69, 9.17) is 11.6 Å². The Morgan fingerprint density at radius 3 is 2.35 bits per heavy atom. The van der Waals surface area contributed by atoms with Gasteiger partial charge in [-0.3, -0.25) is 9.59 Å². The number of rotatable bonds is 7. The van der Waals surface area contributed by atoms with Crippen LogP contribution in [0.2, 0.25) is 5.02 Å². The van der Waals surface area contributed by atoms with Gasteiger partial charge in [-0.25, -0.2) is 0 Å². The molecule has 138 valence electrons. The molecule has 5 heteroatoms. The number of halogens is 1. The van der Waals surface area contributed by atoms with E-state index in [1.54, 1.807) is 18.0 Å². The minimum atomic E-state index is -0.533. The van der Waals surface area contributed by atoms with Gasteiger partial charge in [-0.1, -0.05) is 66.6 Å². The summed E-state index contributed by atoms with van der Waals surface area (Å²) < 4.78 is 0. The molecule has 0 heterocycles. The highest BCUT2D eigenvalue weighted by Gasteiger charge is 2.28. The zero-order chi connectivity index (χ0) is 19.1. The third-order valence-corrected chi connectivity index (χ3v) is 4.78. The quantitative estimate of drug-likeness (QED) is 0.804. The van der Waals surface area contributed by atoms with Gasteiger partial charge in [0, 0.05) is 18.6 Å². The lowest BCUT2D eigenvalue weighted by molar-refractivity contribution is -0.140. The molecule has 0 fully saturated rings. The SMILES string of the molecule is CCC(C(=O)NC)N(Cc1ccccc1Cl)C(=O)Cc1ccc(C)cc1. The molecule has 0 saturated carbocycles. The average molecular weight is 373 g/mol. The van der Waals surface area contributed by atoms with E-state index < -0.39 is 6.04 Å². The van der Waals surface area contributed by atoms with Gasteiger partial charge in [-0.15, -0.1) is 0 Å². The first-order valence-electron chi connectivity index (χ1n) is 8.76. The molecule has 0 aliphatic heterocycles. The Hall–Kier alpha value is -2.33. The number of carbonyl (C=O) groups excluding carboxylic acids is 2. The Kier molecular flexibility index (Phi) is 7.22. The molecule has 0 aliphatic rings. The molecule has 0 aromatic heterocycles. The highest BCUT2D eigenvalue weighted by Crippen LogP contribution is 2.20. The van der Waals surface area contributed by atoms with Crippen LogP contribution >= 0.6 is 11.6 Å². The lowest BCUT2D eigenvalue weighted by atomic mass is 10.1. The van der Waals surface area contributed by atoms with Crippen LogP contribution in [0.25, 0.3) is 0 Å². The number of aryl methyl sites for hydroxylation is 1. The number of hydrogen-bond donors (Lipinski definition) is 1. The van der Waals surface area contributed by atoms with Gasteiger partial charge in [0.2, 0.25) is 11.8 Å². The second-order valence-corrected chi connectivity index (χ2v) is 6.72. The minimum absolute atomic E-state index is 0.0933. The Labute approximate surface area is 160 Å². The smallest absolute Gasteiger partial charge is 0.242 e. The van der Waals surface area contributed by atoms with Crippen molar-refractivity contribution in [3.8, 4) is 0 Å². The van der Waals surface area contributed by atoms with E-state index >= 15 is 0 Å². The number of amides is 2. The highest BCUT2D eigenvalue weighted by atomic mass is 35.5. The number of likely N-dealkylation sites (N-methyl/N-ethyl adjacent to an activating group) is 1. The van der Waals surface area contributed by atoms with Gasteiger partial charge in [-0.05, 0) is 30.5 Å². The summed E-state index contributed by atoms with van der Waals surface area (Å²) in [6.45, 7) is 4.21. The molecule has 2 rings (SSSR count). The lowest BCUT2D eigenvalue weighted by Gasteiger charge is -2.30. The predicted octanol–water partition coefficient (Wildman–Crippen LogP) is 3.74. The summed E-state index contributed by atoms with van der Waals surface area (Å²) in [4.78, 5) is 27.0. The summed E-state index contributed by atoms with van der Waals surface area (Å²) in [6.07, 6.45) is 0.780. The van der Waals surface area contributed by atoms with Crippen LogP contribution in [0.4, 0.5) is 0 Å². The average Bonchev–Trinajstić information content (AvgIpc) is 2.64. The van der Waals surface area contributed by atoms with Gasteiger partial charge in [0.25, 0.3) is 0 Å². The van der Waals surface area contributed by atoms with Gasteiger partial charge in [0.05, 0.1) is 6.42 Å². The number of hydrogen-bond acceptors (Lipinski definition) is 2. The van der Waals surface area contributed by atoms with Gasteiger partial charge in [0.1, 0.15) is 6.04 Å². The molecule has 4 nitrogen and oxygen atoms in total. The first-order chi connectivity index (χ1) is 12.5. The van der Waals surface area contributed by atoms with Gasteiger partial charge in [-0.2, -0.15) is 0 Å². The van der Waals surface area contributed by atoms with Crippen molar-refractivity contribution in [3.63, 3.8) is 0 Å². The lowest BCUT2D eigenvalue weighted by Crippen LogP contribution is -2.48. The van der Waals surface area contributed by atoms with Crippen molar-refractivity contribution in [2.75, 3.05) is 7.05 Å². The number of nitrogens with one attached hydrogen (secondary N) is 1. The molecule has 2 aromatic rings. The van der Waals surface area contributed by atoms with Crippen LogP contribution in [0.1, 0.15) is 30.0 Å². The molecular formula is C21H25ClN2O2. The summed E-state index contributed by atoms with van der Waals surface area (Å²) in [7, 11) is 1.59. The molecule has 0 aliphatic carbocycles. The molecule has 2 amide bonds. The second-order valence-electron chi connectivity index (χ2n) is 6.31. The normalized spacial score (nSPS) is 11.7. The molecule has 2 aromatic carbocycles. The maximum atomic E-state index is 13.0. The van der Waals surface area contributed by atoms with Crippen LogP contribution in [0, 0.1) is 6.92 Å². The fraction of sp³-hybridized carbons (Fsp3) is 0.333. The second kappa shape index (κ2) is 9.39. The summed E-state index contributed by atoms with van der Waals surface area (Å²) in [5.41, 5.74) is 2.90. The minimum Gasteiger partial charge on any atom is -0.357 e. The molecule has 0 spiro atoms. The Balaban J connectivity index is 2.29. The standard InChI is InChI=1S/C21H25ClN2O2/c1-4-19(21(26)23-3)24(14-17-7-5-6-8-18(17)22)20(25)13-16-11-9-15(2)10-12-16/h5-12,19H,4,13-14H2,1-3H3,(H,23,26). The highest BCUT2D eigenvalue weighted by molar-refractivity contribution is 6.31. The van der Waals surface area contributed by atoms with E-state index in [1.165, 1.54) is 0 Å². The third kappa shape index (κ3) is 5.09. The maximum Gasteiger partial charge on any atom is 0.242 e. The predicted molar refractivity (Wildman–Crippen MR) is 105 cm³/mol. The molecule has 26 heavy (non-hydrogen) atoms. The molecule has 1 unspecified atom stereocenters. The monoisotopic (exact) mass is 372 g/mol. The van der Waals surface area contributed by atoms with Gasteiger partial charge in [0.15, 0.2) is 0 Å². The van der Waals surface area contributed by atoms with Crippen molar-refractivity contribution in [3.05, 3.63) is 70.2 Å². The fourth-order valence-electron chi connectivity index (χ4n) is 2.88. The molecule has 0 radical (unpaired) electrons. The largest absolute Gasteiger partial charge is 0.357 e. The van der Waals surface area contributed by atoms with Crippen molar-refractivity contribution < 1.29 is 9.59 Å². The number of nitrogens with zero attached hydrogens (tertiary/aromatic N) is 1. The Morgan fingerprint density at radius 1 is 1.12 bits per heavy atom. The summed E-state index contributed by atoms with van der Waals surface area (Å²) >= 11 is 6.27. The topological polar surface area (TPSA) is 49.4 Å². The first kappa shape index (κ1) is 20.0. The third-order valence-electron chi connectivity index (χ3n) is 4.41. The van der Waals surface area contributed by atoms with E-state index in [1.807, 2.05) is 56.3 Å². The van der Waals surface area contributed by atoms with Crippen molar-refractivity contribution in [2.24, 2.45) is 0 Å². The Bertz CT molecular complexity index is 759. The molecule has 0 saturated heterocycles. The van der Waals surface area contributed by atoms with Crippen molar-refractivity contribution in [1.82, 2.24) is 10.2 Å². The van der Waals surface area contributed by atoms with Gasteiger partial charge < -0.3 is 10.2 Å². The van der Waals surface area contributed by atoms with Crippen LogP contribution < -0.4 is 5.32 Å². The molecule has 0 bridgehead atoms. The summed E-state index contributed by atoms with van der Waals surface area (Å²) in [6, 6.07) is 14.7. The van der Waals surface area contributed by atoms with Crippen LogP contribution in [0.5, 0.6) is 0 Å². The van der Waals surface area contributed by atoms with E-state index in [-0.39, 0.29) is 18.2 Å². The van der Waals surface area contributed by atoms with Crippen LogP contribution in [0.3, 0.4) is 0 Å². The van der Waals surface area contributed by atoms with E-state index in [0.29, 0.717) is 18.0 Å². The molecular weight excluding hydrogens is 348 g/mol. The number of carbonyl (C=O) groups is 2. The summed E-state index contributed by atoms with van der Waals surface area (Å²) in [5, 5.41) is 3.25. The first-order valence-corrected chi connectivity index (χ1v) is 9.14. The summed E-state index contributed by atoms with van der Waals surface area (Å²) in [5.74, 6) is -0.263. The van der Waals surface area contributed by atoms with E-state index in [2.05, 4.69) is 5.32 Å².